The second-order valence-corrected chi connectivity index (χ2v) is 9.98. The number of nitrogens with one attached hydrogen (secondary N) is 2. The summed E-state index contributed by atoms with van der Waals surface area (Å²) in [7, 11) is -3.60. The number of carbonyl (C=O) groups excluding carboxylic acids is 2. The Labute approximate surface area is 183 Å². The zero-order valence-electron chi connectivity index (χ0n) is 17.9. The first kappa shape index (κ1) is 23.0. The van der Waals surface area contributed by atoms with E-state index in [1.165, 1.54) is 16.4 Å². The number of hydrogen-bond donors (Lipinski definition) is 2. The molecular weight excluding hydrogens is 414 g/mol. The molecule has 2 aromatic carbocycles. The van der Waals surface area contributed by atoms with Gasteiger partial charge in [-0.3, -0.25) is 9.59 Å². The summed E-state index contributed by atoms with van der Waals surface area (Å²) in [4.78, 5) is 25.6. The minimum atomic E-state index is -3.60. The van der Waals surface area contributed by atoms with E-state index in [1.54, 1.807) is 36.4 Å². The van der Waals surface area contributed by atoms with Gasteiger partial charge in [0.1, 0.15) is 6.04 Å². The van der Waals surface area contributed by atoms with Crippen LogP contribution in [0.5, 0.6) is 0 Å². The molecule has 1 fully saturated rings. The van der Waals surface area contributed by atoms with E-state index in [0.717, 1.165) is 19.3 Å². The summed E-state index contributed by atoms with van der Waals surface area (Å²) in [5.41, 5.74) is 0.846. The number of hydrogen-bond acceptors (Lipinski definition) is 4. The lowest BCUT2D eigenvalue weighted by molar-refractivity contribution is -0.118. The van der Waals surface area contributed by atoms with Gasteiger partial charge in [0.2, 0.25) is 15.9 Å². The van der Waals surface area contributed by atoms with E-state index in [2.05, 4.69) is 10.6 Å². The van der Waals surface area contributed by atoms with E-state index in [4.69, 9.17) is 0 Å². The van der Waals surface area contributed by atoms with Crippen molar-refractivity contribution in [1.29, 1.82) is 0 Å². The highest BCUT2D eigenvalue weighted by Gasteiger charge is 2.27. The second-order valence-electron chi connectivity index (χ2n) is 8.04. The second kappa shape index (κ2) is 10.1. The number of amides is 2. The van der Waals surface area contributed by atoms with Gasteiger partial charge in [-0.2, -0.15) is 4.31 Å². The highest BCUT2D eigenvalue weighted by atomic mass is 32.2. The minimum absolute atomic E-state index is 0.154. The van der Waals surface area contributed by atoms with Crippen molar-refractivity contribution in [3.8, 4) is 0 Å². The molecule has 31 heavy (non-hydrogen) atoms. The standard InChI is InChI=1S/C23H29N3O4S/c1-17(2)21(25-22(27)18-10-5-3-6-11-18)23(28)24-19-12-9-13-20(16-19)31(29,30)26-14-7-4-8-15-26/h3,5-6,9-13,16-17,21H,4,7-8,14-15H2,1-2H3,(H,24,28)(H,25,27)/t21-/m0/s1. The van der Waals surface area contributed by atoms with E-state index >= 15 is 0 Å². The maximum Gasteiger partial charge on any atom is 0.251 e. The van der Waals surface area contributed by atoms with Crippen LogP contribution in [0.4, 0.5) is 5.69 Å². The molecule has 0 bridgehead atoms. The number of benzene rings is 2. The van der Waals surface area contributed by atoms with E-state index in [-0.39, 0.29) is 16.7 Å². The normalized spacial score (nSPS) is 16.0. The minimum Gasteiger partial charge on any atom is -0.340 e. The van der Waals surface area contributed by atoms with E-state index in [9.17, 15) is 18.0 Å². The number of sulfonamides is 1. The number of anilines is 1. The predicted molar refractivity (Wildman–Crippen MR) is 120 cm³/mol. The van der Waals surface area contributed by atoms with E-state index in [1.807, 2.05) is 19.9 Å². The van der Waals surface area contributed by atoms with Crippen LogP contribution in [-0.4, -0.2) is 43.7 Å². The van der Waals surface area contributed by atoms with Gasteiger partial charge in [0.05, 0.1) is 4.90 Å². The Morgan fingerprint density at radius 2 is 1.61 bits per heavy atom. The molecule has 0 saturated carbocycles. The maximum atomic E-state index is 12.9. The van der Waals surface area contributed by atoms with Crippen LogP contribution in [0.25, 0.3) is 0 Å². The highest BCUT2D eigenvalue weighted by Crippen LogP contribution is 2.23. The van der Waals surface area contributed by atoms with Crippen molar-refractivity contribution < 1.29 is 18.0 Å². The van der Waals surface area contributed by atoms with Gasteiger partial charge in [0, 0.05) is 24.3 Å². The summed E-state index contributed by atoms with van der Waals surface area (Å²) >= 11 is 0. The Bertz CT molecular complexity index is 1020. The van der Waals surface area contributed by atoms with Crippen LogP contribution in [0.1, 0.15) is 43.5 Å². The van der Waals surface area contributed by atoms with Crippen LogP contribution in [0.15, 0.2) is 59.5 Å². The summed E-state index contributed by atoms with van der Waals surface area (Å²) in [6.07, 6.45) is 2.74. The van der Waals surface area contributed by atoms with Crippen LogP contribution < -0.4 is 10.6 Å². The summed E-state index contributed by atoms with van der Waals surface area (Å²) in [5.74, 6) is -0.893. The monoisotopic (exact) mass is 443 g/mol. The van der Waals surface area contributed by atoms with Crippen LogP contribution in [0.2, 0.25) is 0 Å². The zero-order chi connectivity index (χ0) is 22.4. The van der Waals surface area contributed by atoms with Crippen LogP contribution >= 0.6 is 0 Å². The first-order valence-corrected chi connectivity index (χ1v) is 12.0. The fraction of sp³-hybridized carbons (Fsp3) is 0.391. The molecule has 1 aliphatic rings. The van der Waals surface area contributed by atoms with Crippen LogP contribution in [-0.2, 0) is 14.8 Å². The smallest absolute Gasteiger partial charge is 0.251 e. The van der Waals surface area contributed by atoms with Crippen molar-refractivity contribution in [1.82, 2.24) is 9.62 Å². The van der Waals surface area contributed by atoms with E-state index < -0.39 is 22.0 Å². The van der Waals surface area contributed by atoms with Gasteiger partial charge >= 0.3 is 0 Å². The van der Waals surface area contributed by atoms with Crippen molar-refractivity contribution in [3.05, 3.63) is 60.2 Å². The maximum absolute atomic E-state index is 12.9. The average Bonchev–Trinajstić information content (AvgIpc) is 2.78. The van der Waals surface area contributed by atoms with Gasteiger partial charge in [0.25, 0.3) is 5.91 Å². The van der Waals surface area contributed by atoms with Gasteiger partial charge in [-0.25, -0.2) is 8.42 Å². The Balaban J connectivity index is 1.73. The lowest BCUT2D eigenvalue weighted by Crippen LogP contribution is -2.47. The predicted octanol–water partition coefficient (Wildman–Crippen LogP) is 3.25. The van der Waals surface area contributed by atoms with Crippen molar-refractivity contribution in [2.75, 3.05) is 18.4 Å². The quantitative estimate of drug-likeness (QED) is 0.687. The average molecular weight is 444 g/mol. The Morgan fingerprint density at radius 3 is 2.26 bits per heavy atom. The number of nitrogens with zero attached hydrogens (tertiary/aromatic N) is 1. The third kappa shape index (κ3) is 5.71. The van der Waals surface area contributed by atoms with Crippen LogP contribution in [0.3, 0.4) is 0 Å². The van der Waals surface area contributed by atoms with E-state index in [0.29, 0.717) is 24.3 Å². The molecule has 2 N–H and O–H groups in total. The molecule has 2 aromatic rings. The van der Waals surface area contributed by atoms with Crippen molar-refractivity contribution >= 4 is 27.5 Å². The Morgan fingerprint density at radius 1 is 0.935 bits per heavy atom. The van der Waals surface area contributed by atoms with Crippen molar-refractivity contribution in [2.24, 2.45) is 5.92 Å². The van der Waals surface area contributed by atoms with Crippen LogP contribution in [0, 0.1) is 5.92 Å². The SMILES string of the molecule is CC(C)[C@H](NC(=O)c1ccccc1)C(=O)Nc1cccc(S(=O)(=O)N2CCCCC2)c1. The molecular formula is C23H29N3O4S. The Hall–Kier alpha value is -2.71. The molecule has 8 heteroatoms. The lowest BCUT2D eigenvalue weighted by Gasteiger charge is -2.26. The molecule has 1 heterocycles. The fourth-order valence-electron chi connectivity index (χ4n) is 3.56. The molecule has 0 aliphatic carbocycles. The van der Waals surface area contributed by atoms with Gasteiger partial charge in [-0.05, 0) is 49.1 Å². The summed E-state index contributed by atoms with van der Waals surface area (Å²) in [5, 5.41) is 5.53. The fourth-order valence-corrected chi connectivity index (χ4v) is 5.12. The molecule has 0 unspecified atom stereocenters. The molecule has 7 nitrogen and oxygen atoms in total. The van der Waals surface area contributed by atoms with Gasteiger partial charge in [0.15, 0.2) is 0 Å². The highest BCUT2D eigenvalue weighted by molar-refractivity contribution is 7.89. The molecule has 1 saturated heterocycles. The van der Waals surface area contributed by atoms with Gasteiger partial charge in [-0.1, -0.05) is 44.5 Å². The third-order valence-corrected chi connectivity index (χ3v) is 7.22. The lowest BCUT2D eigenvalue weighted by atomic mass is 10.0. The molecule has 1 atom stereocenters. The van der Waals surface area contributed by atoms with Crippen molar-refractivity contribution in [3.63, 3.8) is 0 Å². The summed E-state index contributed by atoms with van der Waals surface area (Å²) in [6.45, 7) is 4.71. The topological polar surface area (TPSA) is 95.6 Å². The summed E-state index contributed by atoms with van der Waals surface area (Å²) < 4.78 is 27.3. The molecule has 0 aromatic heterocycles. The molecule has 0 radical (unpaired) electrons. The van der Waals surface area contributed by atoms with Crippen molar-refractivity contribution in [2.45, 2.75) is 44.0 Å². The zero-order valence-corrected chi connectivity index (χ0v) is 18.7. The molecule has 0 spiro atoms. The summed E-state index contributed by atoms with van der Waals surface area (Å²) in [6, 6.07) is 14.2. The van der Waals surface area contributed by atoms with Gasteiger partial charge < -0.3 is 10.6 Å². The largest absolute Gasteiger partial charge is 0.340 e. The number of piperidine rings is 1. The first-order chi connectivity index (χ1) is 14.8. The molecule has 166 valence electrons. The number of rotatable bonds is 7. The number of carbonyl (C=O) groups is 2. The first-order valence-electron chi connectivity index (χ1n) is 10.6. The molecule has 3 rings (SSSR count). The van der Waals surface area contributed by atoms with Gasteiger partial charge in [-0.15, -0.1) is 0 Å². The Kier molecular flexibility index (Phi) is 7.46. The third-order valence-electron chi connectivity index (χ3n) is 5.33. The molecule has 1 aliphatic heterocycles. The molecule has 2 amide bonds.